The maximum atomic E-state index is 5.73. The van der Waals surface area contributed by atoms with E-state index < -0.39 is 0 Å². The van der Waals surface area contributed by atoms with Crippen molar-refractivity contribution in [3.63, 3.8) is 0 Å². The average Bonchev–Trinajstić information content (AvgIpc) is 2.79. The summed E-state index contributed by atoms with van der Waals surface area (Å²) in [6.07, 6.45) is 17.2. The van der Waals surface area contributed by atoms with Gasteiger partial charge in [0.05, 0.1) is 19.0 Å². The van der Waals surface area contributed by atoms with Gasteiger partial charge in [-0.3, -0.25) is 0 Å². The second-order valence-corrected chi connectivity index (χ2v) is 7.98. The lowest BCUT2D eigenvalue weighted by molar-refractivity contribution is 0.127. The standard InChI is InChI=1S/C26H40N2O2/c1-3-5-6-7-8-9-10-13-23-14-16-24(17-15-23)26-27-21-25(22-28-26)30-20-12-11-19-29-18-4-2/h14-17,21-22H,3-13,18-20H2,1-2H3. The Morgan fingerprint density at radius 2 is 1.33 bits per heavy atom. The minimum Gasteiger partial charge on any atom is -0.490 e. The summed E-state index contributed by atoms with van der Waals surface area (Å²) in [4.78, 5) is 8.94. The molecule has 0 aliphatic heterocycles. The molecule has 4 heteroatoms. The summed E-state index contributed by atoms with van der Waals surface area (Å²) in [5.41, 5.74) is 2.45. The molecule has 166 valence electrons. The van der Waals surface area contributed by atoms with Crippen LogP contribution in [0.3, 0.4) is 0 Å². The molecule has 0 N–H and O–H groups in total. The highest BCUT2D eigenvalue weighted by atomic mass is 16.5. The van der Waals surface area contributed by atoms with Gasteiger partial charge in [-0.05, 0) is 37.7 Å². The fourth-order valence-electron chi connectivity index (χ4n) is 3.39. The van der Waals surface area contributed by atoms with Crippen LogP contribution in [0.15, 0.2) is 36.7 Å². The van der Waals surface area contributed by atoms with E-state index in [1.54, 1.807) is 12.4 Å². The molecule has 1 heterocycles. The molecule has 1 aromatic carbocycles. The SMILES string of the molecule is CCCCCCCCCc1ccc(-c2ncc(OCCCCOCCC)cn2)cc1. The second-order valence-electron chi connectivity index (χ2n) is 7.98. The van der Waals surface area contributed by atoms with E-state index in [0.29, 0.717) is 6.61 Å². The number of ether oxygens (including phenoxy) is 2. The molecule has 1 aromatic heterocycles. The lowest BCUT2D eigenvalue weighted by atomic mass is 10.0. The molecule has 0 amide bonds. The van der Waals surface area contributed by atoms with Gasteiger partial charge in [0.25, 0.3) is 0 Å². The molecule has 0 bridgehead atoms. The summed E-state index contributed by atoms with van der Waals surface area (Å²) in [5.74, 6) is 1.47. The van der Waals surface area contributed by atoms with Crippen LogP contribution in [0.1, 0.15) is 83.6 Å². The van der Waals surface area contributed by atoms with Gasteiger partial charge in [0.15, 0.2) is 11.6 Å². The van der Waals surface area contributed by atoms with Crippen LogP contribution in [-0.4, -0.2) is 29.8 Å². The van der Waals surface area contributed by atoms with Crippen LogP contribution in [0.5, 0.6) is 5.75 Å². The Morgan fingerprint density at radius 1 is 0.667 bits per heavy atom. The number of unbranched alkanes of at least 4 members (excludes halogenated alkanes) is 7. The second kappa shape index (κ2) is 15.8. The fraction of sp³-hybridized carbons (Fsp3) is 0.615. The maximum absolute atomic E-state index is 5.73. The molecule has 0 saturated carbocycles. The number of benzene rings is 1. The number of nitrogens with zero attached hydrogens (tertiary/aromatic N) is 2. The van der Waals surface area contributed by atoms with Crippen molar-refractivity contribution in [2.75, 3.05) is 19.8 Å². The van der Waals surface area contributed by atoms with Gasteiger partial charge in [-0.25, -0.2) is 9.97 Å². The van der Waals surface area contributed by atoms with Crippen molar-refractivity contribution in [2.45, 2.75) is 84.5 Å². The Balaban J connectivity index is 1.65. The van der Waals surface area contributed by atoms with E-state index in [9.17, 15) is 0 Å². The molecular weight excluding hydrogens is 372 g/mol. The van der Waals surface area contributed by atoms with Crippen LogP contribution < -0.4 is 4.74 Å². The molecule has 2 aromatic rings. The third-order valence-electron chi connectivity index (χ3n) is 5.21. The molecule has 0 saturated heterocycles. The summed E-state index contributed by atoms with van der Waals surface area (Å²) in [6.45, 7) is 6.71. The molecule has 0 spiro atoms. The van der Waals surface area contributed by atoms with E-state index >= 15 is 0 Å². The minimum atomic E-state index is 0.672. The van der Waals surface area contributed by atoms with Crippen molar-refractivity contribution in [3.8, 4) is 17.1 Å². The third kappa shape index (κ3) is 10.2. The molecule has 30 heavy (non-hydrogen) atoms. The summed E-state index contributed by atoms with van der Waals surface area (Å²) < 4.78 is 11.2. The first-order chi connectivity index (χ1) is 14.8. The first-order valence-electron chi connectivity index (χ1n) is 12.0. The molecule has 0 radical (unpaired) electrons. The largest absolute Gasteiger partial charge is 0.490 e. The zero-order chi connectivity index (χ0) is 21.3. The van der Waals surface area contributed by atoms with Crippen molar-refractivity contribution >= 4 is 0 Å². The van der Waals surface area contributed by atoms with Crippen LogP contribution in [0.25, 0.3) is 11.4 Å². The van der Waals surface area contributed by atoms with Gasteiger partial charge in [-0.15, -0.1) is 0 Å². The zero-order valence-electron chi connectivity index (χ0n) is 19.1. The lowest BCUT2D eigenvalue weighted by Crippen LogP contribution is -2.02. The molecule has 4 nitrogen and oxygen atoms in total. The van der Waals surface area contributed by atoms with E-state index in [0.717, 1.165) is 56.0 Å². The Labute approximate surface area is 183 Å². The molecule has 0 aliphatic carbocycles. The molecule has 0 fully saturated rings. The predicted molar refractivity (Wildman–Crippen MR) is 125 cm³/mol. The number of aromatic nitrogens is 2. The number of hydrogen-bond acceptors (Lipinski definition) is 4. The number of aryl methyl sites for hydroxylation is 1. The average molecular weight is 413 g/mol. The van der Waals surface area contributed by atoms with E-state index in [4.69, 9.17) is 9.47 Å². The Bertz CT molecular complexity index is 596. The topological polar surface area (TPSA) is 44.2 Å². The van der Waals surface area contributed by atoms with Crippen LogP contribution in [-0.2, 0) is 11.2 Å². The highest BCUT2D eigenvalue weighted by molar-refractivity contribution is 5.55. The molecule has 2 rings (SSSR count). The smallest absolute Gasteiger partial charge is 0.159 e. The van der Waals surface area contributed by atoms with Crippen LogP contribution >= 0.6 is 0 Å². The minimum absolute atomic E-state index is 0.672. The van der Waals surface area contributed by atoms with Crippen molar-refractivity contribution in [1.29, 1.82) is 0 Å². The fourth-order valence-corrected chi connectivity index (χ4v) is 3.39. The maximum Gasteiger partial charge on any atom is 0.159 e. The van der Waals surface area contributed by atoms with Crippen molar-refractivity contribution in [3.05, 3.63) is 42.2 Å². The quantitative estimate of drug-likeness (QED) is 0.262. The van der Waals surface area contributed by atoms with E-state index in [1.807, 2.05) is 0 Å². The van der Waals surface area contributed by atoms with Crippen molar-refractivity contribution in [1.82, 2.24) is 9.97 Å². The normalized spacial score (nSPS) is 11.0. The first kappa shape index (κ1) is 24.3. The Kier molecular flexibility index (Phi) is 12.8. The van der Waals surface area contributed by atoms with Crippen molar-refractivity contribution < 1.29 is 9.47 Å². The third-order valence-corrected chi connectivity index (χ3v) is 5.21. The van der Waals surface area contributed by atoms with Gasteiger partial charge in [-0.2, -0.15) is 0 Å². The van der Waals surface area contributed by atoms with Gasteiger partial charge in [0, 0.05) is 18.8 Å². The van der Waals surface area contributed by atoms with Crippen LogP contribution in [0.2, 0.25) is 0 Å². The Morgan fingerprint density at radius 3 is 2.03 bits per heavy atom. The monoisotopic (exact) mass is 412 g/mol. The summed E-state index contributed by atoms with van der Waals surface area (Å²) in [6, 6.07) is 8.67. The highest BCUT2D eigenvalue weighted by Crippen LogP contribution is 2.19. The van der Waals surface area contributed by atoms with Gasteiger partial charge >= 0.3 is 0 Å². The van der Waals surface area contributed by atoms with Crippen LogP contribution in [0.4, 0.5) is 0 Å². The highest BCUT2D eigenvalue weighted by Gasteiger charge is 2.03. The van der Waals surface area contributed by atoms with Crippen molar-refractivity contribution in [2.24, 2.45) is 0 Å². The predicted octanol–water partition coefficient (Wildman–Crippen LogP) is 7.02. The summed E-state index contributed by atoms with van der Waals surface area (Å²) in [7, 11) is 0. The molecule has 0 aliphatic rings. The van der Waals surface area contributed by atoms with Crippen LogP contribution in [0, 0.1) is 0 Å². The summed E-state index contributed by atoms with van der Waals surface area (Å²) in [5, 5.41) is 0. The number of hydrogen-bond donors (Lipinski definition) is 0. The number of rotatable bonds is 17. The van der Waals surface area contributed by atoms with E-state index in [2.05, 4.69) is 48.1 Å². The first-order valence-corrected chi connectivity index (χ1v) is 12.0. The van der Waals surface area contributed by atoms with E-state index in [1.165, 1.54) is 50.5 Å². The molecule has 0 atom stereocenters. The Hall–Kier alpha value is -1.94. The van der Waals surface area contributed by atoms with Gasteiger partial charge in [0.1, 0.15) is 0 Å². The van der Waals surface area contributed by atoms with Gasteiger partial charge in [0.2, 0.25) is 0 Å². The summed E-state index contributed by atoms with van der Waals surface area (Å²) >= 11 is 0. The lowest BCUT2D eigenvalue weighted by Gasteiger charge is -2.07. The van der Waals surface area contributed by atoms with Gasteiger partial charge < -0.3 is 9.47 Å². The molecular formula is C26H40N2O2. The van der Waals surface area contributed by atoms with Gasteiger partial charge in [-0.1, -0.05) is 76.6 Å². The van der Waals surface area contributed by atoms with E-state index in [-0.39, 0.29) is 0 Å². The zero-order valence-corrected chi connectivity index (χ0v) is 19.1. The molecule has 0 unspecified atom stereocenters.